The van der Waals surface area contributed by atoms with Crippen LogP contribution < -0.4 is 10.6 Å². The highest BCUT2D eigenvalue weighted by Crippen LogP contribution is 1.98. The highest BCUT2D eigenvalue weighted by atomic mass is 19.1. The molecule has 1 aromatic heterocycles. The van der Waals surface area contributed by atoms with Crippen molar-refractivity contribution in [3.05, 3.63) is 29.8 Å². The van der Waals surface area contributed by atoms with E-state index in [0.717, 1.165) is 12.3 Å². The second-order valence-corrected chi connectivity index (χ2v) is 4.07. The fraction of sp³-hybridized carbons (Fsp3) is 0.417. The number of pyridine rings is 1. The summed E-state index contributed by atoms with van der Waals surface area (Å²) in [6.45, 7) is 4.25. The average molecular weight is 253 g/mol. The molecule has 98 valence electrons. The van der Waals surface area contributed by atoms with E-state index in [1.54, 1.807) is 13.8 Å². The molecule has 0 spiro atoms. The van der Waals surface area contributed by atoms with Gasteiger partial charge in [-0.05, 0) is 12.1 Å². The van der Waals surface area contributed by atoms with Gasteiger partial charge < -0.3 is 10.6 Å². The van der Waals surface area contributed by atoms with Crippen molar-refractivity contribution in [2.45, 2.75) is 13.8 Å². The van der Waals surface area contributed by atoms with E-state index in [9.17, 15) is 14.0 Å². The summed E-state index contributed by atoms with van der Waals surface area (Å²) in [7, 11) is 0. The number of hydrogen-bond acceptors (Lipinski definition) is 3. The lowest BCUT2D eigenvalue weighted by Gasteiger charge is -2.08. The van der Waals surface area contributed by atoms with E-state index < -0.39 is 5.95 Å². The standard InChI is InChI=1S/C12H16FN3O2/c1-8(2)11(17)14-5-6-15-12(18)9-3-4-10(13)16-7-9/h3-4,7-8H,5-6H2,1-2H3,(H,14,17)(H,15,18). The van der Waals surface area contributed by atoms with Crippen LogP contribution in [0.15, 0.2) is 18.3 Å². The molecule has 0 aromatic carbocycles. The summed E-state index contributed by atoms with van der Waals surface area (Å²) in [5, 5.41) is 5.27. The zero-order chi connectivity index (χ0) is 13.5. The number of amides is 2. The molecule has 2 amide bonds. The smallest absolute Gasteiger partial charge is 0.252 e. The third-order valence-corrected chi connectivity index (χ3v) is 2.22. The normalized spacial score (nSPS) is 10.2. The van der Waals surface area contributed by atoms with Crippen LogP contribution in [-0.2, 0) is 4.79 Å². The molecule has 0 unspecified atom stereocenters. The van der Waals surface area contributed by atoms with Gasteiger partial charge in [0.2, 0.25) is 11.9 Å². The van der Waals surface area contributed by atoms with E-state index in [1.807, 2.05) is 0 Å². The Morgan fingerprint density at radius 1 is 1.28 bits per heavy atom. The number of halogens is 1. The fourth-order valence-corrected chi connectivity index (χ4v) is 1.18. The molecule has 0 fully saturated rings. The molecule has 6 heteroatoms. The minimum absolute atomic E-state index is 0.0623. The Hall–Kier alpha value is -1.98. The topological polar surface area (TPSA) is 71.1 Å². The van der Waals surface area contributed by atoms with Gasteiger partial charge >= 0.3 is 0 Å². The van der Waals surface area contributed by atoms with Crippen LogP contribution in [0.3, 0.4) is 0 Å². The number of nitrogens with one attached hydrogen (secondary N) is 2. The molecular formula is C12H16FN3O2. The van der Waals surface area contributed by atoms with Crippen LogP contribution in [0.25, 0.3) is 0 Å². The number of aromatic nitrogens is 1. The molecule has 0 aliphatic heterocycles. The summed E-state index contributed by atoms with van der Waals surface area (Å²) >= 11 is 0. The maximum Gasteiger partial charge on any atom is 0.252 e. The second-order valence-electron chi connectivity index (χ2n) is 4.07. The molecule has 1 heterocycles. The van der Waals surface area contributed by atoms with Crippen LogP contribution >= 0.6 is 0 Å². The molecule has 0 atom stereocenters. The first kappa shape index (κ1) is 14.1. The monoisotopic (exact) mass is 253 g/mol. The number of nitrogens with zero attached hydrogens (tertiary/aromatic N) is 1. The lowest BCUT2D eigenvalue weighted by atomic mass is 10.2. The van der Waals surface area contributed by atoms with Crippen molar-refractivity contribution in [1.29, 1.82) is 0 Å². The minimum Gasteiger partial charge on any atom is -0.354 e. The van der Waals surface area contributed by atoms with Gasteiger partial charge in [-0.2, -0.15) is 4.39 Å². The highest BCUT2D eigenvalue weighted by Gasteiger charge is 2.07. The predicted octanol–water partition coefficient (Wildman–Crippen LogP) is 0.723. The summed E-state index contributed by atoms with van der Waals surface area (Å²) in [5.74, 6) is -1.12. The van der Waals surface area contributed by atoms with Gasteiger partial charge in [0, 0.05) is 25.2 Å². The van der Waals surface area contributed by atoms with Crippen LogP contribution in [0.1, 0.15) is 24.2 Å². The molecule has 2 N–H and O–H groups in total. The quantitative estimate of drug-likeness (QED) is 0.600. The molecular weight excluding hydrogens is 237 g/mol. The van der Waals surface area contributed by atoms with Crippen molar-refractivity contribution < 1.29 is 14.0 Å². The molecule has 18 heavy (non-hydrogen) atoms. The number of hydrogen-bond donors (Lipinski definition) is 2. The Balaban J connectivity index is 2.29. The van der Waals surface area contributed by atoms with Crippen molar-refractivity contribution >= 4 is 11.8 Å². The van der Waals surface area contributed by atoms with Crippen LogP contribution in [0.2, 0.25) is 0 Å². The molecule has 1 aromatic rings. The van der Waals surface area contributed by atoms with Crippen LogP contribution in [0.4, 0.5) is 4.39 Å². The SMILES string of the molecule is CC(C)C(=O)NCCNC(=O)c1ccc(F)nc1. The largest absolute Gasteiger partial charge is 0.354 e. The summed E-state index contributed by atoms with van der Waals surface area (Å²) in [6, 6.07) is 2.47. The lowest BCUT2D eigenvalue weighted by molar-refractivity contribution is -0.123. The summed E-state index contributed by atoms with van der Waals surface area (Å²) in [4.78, 5) is 26.2. The van der Waals surface area contributed by atoms with E-state index in [-0.39, 0.29) is 23.3 Å². The summed E-state index contributed by atoms with van der Waals surface area (Å²) in [5.41, 5.74) is 0.284. The van der Waals surface area contributed by atoms with E-state index in [2.05, 4.69) is 15.6 Å². The summed E-state index contributed by atoms with van der Waals surface area (Å²) < 4.78 is 12.5. The Morgan fingerprint density at radius 3 is 2.50 bits per heavy atom. The van der Waals surface area contributed by atoms with Crippen molar-refractivity contribution in [3.63, 3.8) is 0 Å². The molecule has 0 aliphatic rings. The van der Waals surface area contributed by atoms with Gasteiger partial charge in [-0.1, -0.05) is 13.8 Å². The molecule has 0 saturated heterocycles. The molecule has 0 aliphatic carbocycles. The van der Waals surface area contributed by atoms with Crippen molar-refractivity contribution in [1.82, 2.24) is 15.6 Å². The van der Waals surface area contributed by atoms with Gasteiger partial charge in [-0.25, -0.2) is 4.98 Å². The Kier molecular flexibility index (Phi) is 5.23. The summed E-state index contributed by atoms with van der Waals surface area (Å²) in [6.07, 6.45) is 1.16. The van der Waals surface area contributed by atoms with Crippen LogP contribution in [0, 0.1) is 11.9 Å². The maximum absolute atomic E-state index is 12.5. The number of carbonyl (C=O) groups is 2. The van der Waals surface area contributed by atoms with Gasteiger partial charge in [0.05, 0.1) is 5.56 Å². The van der Waals surface area contributed by atoms with Crippen molar-refractivity contribution in [2.24, 2.45) is 5.92 Å². The number of carbonyl (C=O) groups excluding carboxylic acids is 2. The third kappa shape index (κ3) is 4.48. The minimum atomic E-state index is -0.629. The van der Waals surface area contributed by atoms with Gasteiger partial charge in [0.1, 0.15) is 0 Å². The molecule has 0 radical (unpaired) electrons. The lowest BCUT2D eigenvalue weighted by Crippen LogP contribution is -2.36. The van der Waals surface area contributed by atoms with Gasteiger partial charge in [0.25, 0.3) is 5.91 Å². The van der Waals surface area contributed by atoms with Crippen LogP contribution in [0.5, 0.6) is 0 Å². The van der Waals surface area contributed by atoms with E-state index in [1.165, 1.54) is 6.07 Å². The predicted molar refractivity (Wildman–Crippen MR) is 64.4 cm³/mol. The first-order valence-electron chi connectivity index (χ1n) is 5.68. The van der Waals surface area contributed by atoms with E-state index in [4.69, 9.17) is 0 Å². The van der Waals surface area contributed by atoms with E-state index in [0.29, 0.717) is 13.1 Å². The third-order valence-electron chi connectivity index (χ3n) is 2.22. The van der Waals surface area contributed by atoms with Gasteiger partial charge in [-0.3, -0.25) is 9.59 Å². The van der Waals surface area contributed by atoms with Gasteiger partial charge in [-0.15, -0.1) is 0 Å². The fourth-order valence-electron chi connectivity index (χ4n) is 1.18. The maximum atomic E-state index is 12.5. The van der Waals surface area contributed by atoms with E-state index >= 15 is 0 Å². The van der Waals surface area contributed by atoms with Crippen molar-refractivity contribution in [2.75, 3.05) is 13.1 Å². The Morgan fingerprint density at radius 2 is 1.94 bits per heavy atom. The van der Waals surface area contributed by atoms with Crippen LogP contribution in [-0.4, -0.2) is 29.9 Å². The Bertz CT molecular complexity index is 418. The zero-order valence-corrected chi connectivity index (χ0v) is 10.4. The first-order chi connectivity index (χ1) is 8.50. The molecule has 5 nitrogen and oxygen atoms in total. The molecule has 0 saturated carbocycles. The van der Waals surface area contributed by atoms with Gasteiger partial charge in [0.15, 0.2) is 0 Å². The van der Waals surface area contributed by atoms with Crippen molar-refractivity contribution in [3.8, 4) is 0 Å². The highest BCUT2D eigenvalue weighted by molar-refractivity contribution is 5.93. The average Bonchev–Trinajstić information content (AvgIpc) is 2.34. The second kappa shape index (κ2) is 6.68. The Labute approximate surface area is 105 Å². The number of rotatable bonds is 5. The zero-order valence-electron chi connectivity index (χ0n) is 10.4. The first-order valence-corrected chi connectivity index (χ1v) is 5.68. The molecule has 0 bridgehead atoms. The molecule has 1 rings (SSSR count).